The van der Waals surface area contributed by atoms with Gasteiger partial charge in [-0.05, 0) is 39.0 Å². The van der Waals surface area contributed by atoms with Crippen molar-refractivity contribution < 1.29 is 4.74 Å². The van der Waals surface area contributed by atoms with Crippen molar-refractivity contribution >= 4 is 11.8 Å². The van der Waals surface area contributed by atoms with Crippen LogP contribution in [0.25, 0.3) is 0 Å². The van der Waals surface area contributed by atoms with Crippen molar-refractivity contribution in [1.82, 2.24) is 5.32 Å². The fourth-order valence-electron chi connectivity index (χ4n) is 2.23. The Morgan fingerprint density at radius 2 is 2.17 bits per heavy atom. The molecular weight excluding hydrogens is 242 g/mol. The first-order chi connectivity index (χ1) is 8.60. The molecule has 2 nitrogen and oxygen atoms in total. The summed E-state index contributed by atoms with van der Waals surface area (Å²) in [4.78, 5) is 0. The van der Waals surface area contributed by atoms with Crippen LogP contribution >= 0.6 is 11.8 Å². The van der Waals surface area contributed by atoms with Gasteiger partial charge in [0.05, 0.1) is 7.11 Å². The van der Waals surface area contributed by atoms with Crippen LogP contribution < -0.4 is 10.1 Å². The lowest BCUT2D eigenvalue weighted by atomic mass is 10.0. The van der Waals surface area contributed by atoms with Crippen LogP contribution in [0.15, 0.2) is 18.2 Å². The maximum atomic E-state index is 5.45. The van der Waals surface area contributed by atoms with Gasteiger partial charge < -0.3 is 10.1 Å². The van der Waals surface area contributed by atoms with Gasteiger partial charge >= 0.3 is 0 Å². The molecule has 1 unspecified atom stereocenters. The van der Waals surface area contributed by atoms with Crippen LogP contribution in [0, 0.1) is 6.92 Å². The molecule has 1 aromatic rings. The van der Waals surface area contributed by atoms with Crippen molar-refractivity contribution in [3.63, 3.8) is 0 Å². The molecule has 0 aliphatic heterocycles. The molecule has 1 atom stereocenters. The summed E-state index contributed by atoms with van der Waals surface area (Å²) < 4.78 is 5.96. The van der Waals surface area contributed by atoms with Gasteiger partial charge in [-0.15, -0.1) is 0 Å². The van der Waals surface area contributed by atoms with Crippen LogP contribution in [0.1, 0.15) is 36.9 Å². The second kappa shape index (κ2) is 5.54. The smallest absolute Gasteiger partial charge is 0.123 e. The van der Waals surface area contributed by atoms with Gasteiger partial charge in [0.2, 0.25) is 0 Å². The first-order valence-electron chi connectivity index (χ1n) is 6.53. The van der Waals surface area contributed by atoms with Crippen molar-refractivity contribution in [2.75, 3.05) is 19.9 Å². The number of methoxy groups -OCH3 is 1. The van der Waals surface area contributed by atoms with Crippen LogP contribution in [-0.2, 0) is 0 Å². The average Bonchev–Trinajstić information content (AvgIpc) is 3.16. The van der Waals surface area contributed by atoms with E-state index >= 15 is 0 Å². The summed E-state index contributed by atoms with van der Waals surface area (Å²) in [6.45, 7) is 5.43. The monoisotopic (exact) mass is 265 g/mol. The summed E-state index contributed by atoms with van der Waals surface area (Å²) >= 11 is 1.99. The lowest BCUT2D eigenvalue weighted by molar-refractivity contribution is 0.401. The van der Waals surface area contributed by atoms with Crippen LogP contribution in [0.4, 0.5) is 0 Å². The largest absolute Gasteiger partial charge is 0.496 e. The van der Waals surface area contributed by atoms with E-state index in [2.05, 4.69) is 43.6 Å². The molecule has 1 aliphatic carbocycles. The molecule has 0 aromatic heterocycles. The molecule has 0 radical (unpaired) electrons. The van der Waals surface area contributed by atoms with E-state index < -0.39 is 0 Å². The highest BCUT2D eigenvalue weighted by Crippen LogP contribution is 2.46. The molecule has 1 N–H and O–H groups in total. The van der Waals surface area contributed by atoms with E-state index in [1.165, 1.54) is 24.0 Å². The Bertz CT molecular complexity index is 415. The van der Waals surface area contributed by atoms with Gasteiger partial charge in [0.15, 0.2) is 0 Å². The average molecular weight is 265 g/mol. The third kappa shape index (κ3) is 3.01. The summed E-state index contributed by atoms with van der Waals surface area (Å²) in [6.07, 6.45) is 4.91. The van der Waals surface area contributed by atoms with Gasteiger partial charge in [0.1, 0.15) is 5.75 Å². The molecule has 100 valence electrons. The van der Waals surface area contributed by atoms with Gasteiger partial charge in [-0.3, -0.25) is 0 Å². The van der Waals surface area contributed by atoms with E-state index in [9.17, 15) is 0 Å². The number of rotatable bonds is 6. The second-order valence-electron chi connectivity index (χ2n) is 5.24. The standard InChI is InChI=1S/C15H23NOS/c1-11-5-6-14(17-3)13(9-11)12(2)16-10-15(18-4)7-8-15/h5-6,9,12,16H,7-8,10H2,1-4H3. The lowest BCUT2D eigenvalue weighted by Crippen LogP contribution is -2.28. The summed E-state index contributed by atoms with van der Waals surface area (Å²) in [7, 11) is 1.74. The van der Waals surface area contributed by atoms with Crippen LogP contribution in [0.5, 0.6) is 5.75 Å². The Balaban J connectivity index is 2.03. The number of thioether (sulfide) groups is 1. The molecule has 1 fully saturated rings. The Kier molecular flexibility index (Phi) is 4.23. The van der Waals surface area contributed by atoms with E-state index in [1.807, 2.05) is 11.8 Å². The number of aryl methyl sites for hydroxylation is 1. The normalized spacial score (nSPS) is 18.4. The van der Waals surface area contributed by atoms with Crippen molar-refractivity contribution in [2.24, 2.45) is 0 Å². The molecule has 1 aromatic carbocycles. The highest BCUT2D eigenvalue weighted by Gasteiger charge is 2.41. The van der Waals surface area contributed by atoms with Gasteiger partial charge in [0, 0.05) is 22.9 Å². The zero-order valence-corrected chi connectivity index (χ0v) is 12.6. The summed E-state index contributed by atoms with van der Waals surface area (Å²) in [5.74, 6) is 0.981. The molecule has 0 spiro atoms. The number of hydrogen-bond acceptors (Lipinski definition) is 3. The van der Waals surface area contributed by atoms with Crippen molar-refractivity contribution in [1.29, 1.82) is 0 Å². The summed E-state index contributed by atoms with van der Waals surface area (Å²) in [5, 5.41) is 3.65. The van der Waals surface area contributed by atoms with E-state index in [0.29, 0.717) is 10.8 Å². The molecule has 0 saturated heterocycles. The zero-order valence-electron chi connectivity index (χ0n) is 11.7. The summed E-state index contributed by atoms with van der Waals surface area (Å²) in [6, 6.07) is 6.71. The van der Waals surface area contributed by atoms with E-state index in [0.717, 1.165) is 12.3 Å². The van der Waals surface area contributed by atoms with Gasteiger partial charge in [0.25, 0.3) is 0 Å². The minimum atomic E-state index is 0.337. The first kappa shape index (κ1) is 13.8. The fourth-order valence-corrected chi connectivity index (χ4v) is 2.97. The Hall–Kier alpha value is -0.670. The molecule has 0 amide bonds. The fraction of sp³-hybridized carbons (Fsp3) is 0.600. The predicted octanol–water partition coefficient (Wildman–Crippen LogP) is 3.55. The first-order valence-corrected chi connectivity index (χ1v) is 7.76. The Morgan fingerprint density at radius 3 is 2.72 bits per heavy atom. The zero-order chi connectivity index (χ0) is 13.2. The van der Waals surface area contributed by atoms with Gasteiger partial charge in [-0.2, -0.15) is 11.8 Å². The molecular formula is C15H23NOS. The van der Waals surface area contributed by atoms with E-state index in [4.69, 9.17) is 4.74 Å². The van der Waals surface area contributed by atoms with Crippen LogP contribution in [0.3, 0.4) is 0 Å². The van der Waals surface area contributed by atoms with Crippen molar-refractivity contribution in [2.45, 2.75) is 37.5 Å². The van der Waals surface area contributed by atoms with Crippen LogP contribution in [0.2, 0.25) is 0 Å². The van der Waals surface area contributed by atoms with Gasteiger partial charge in [-0.25, -0.2) is 0 Å². The molecule has 1 saturated carbocycles. The van der Waals surface area contributed by atoms with Crippen LogP contribution in [-0.4, -0.2) is 24.7 Å². The third-order valence-corrected chi connectivity index (χ3v) is 5.24. The predicted molar refractivity (Wildman–Crippen MR) is 79.6 cm³/mol. The maximum absolute atomic E-state index is 5.45. The maximum Gasteiger partial charge on any atom is 0.123 e. The summed E-state index contributed by atoms with van der Waals surface area (Å²) in [5.41, 5.74) is 2.54. The van der Waals surface area contributed by atoms with Gasteiger partial charge in [-0.1, -0.05) is 17.7 Å². The highest BCUT2D eigenvalue weighted by molar-refractivity contribution is 8.00. The SMILES string of the molecule is COc1ccc(C)cc1C(C)NCC1(SC)CC1. The Morgan fingerprint density at radius 1 is 1.44 bits per heavy atom. The van der Waals surface area contributed by atoms with Crippen molar-refractivity contribution in [3.05, 3.63) is 29.3 Å². The minimum absolute atomic E-state index is 0.337. The molecule has 2 rings (SSSR count). The number of ether oxygens (including phenoxy) is 1. The number of benzene rings is 1. The molecule has 1 aliphatic rings. The number of nitrogens with one attached hydrogen (secondary N) is 1. The highest BCUT2D eigenvalue weighted by atomic mass is 32.2. The molecule has 3 heteroatoms. The minimum Gasteiger partial charge on any atom is -0.496 e. The van der Waals surface area contributed by atoms with Crippen molar-refractivity contribution in [3.8, 4) is 5.75 Å². The Labute approximate surface area is 114 Å². The quantitative estimate of drug-likeness (QED) is 0.850. The molecule has 0 bridgehead atoms. The van der Waals surface area contributed by atoms with E-state index in [1.54, 1.807) is 7.11 Å². The topological polar surface area (TPSA) is 21.3 Å². The number of hydrogen-bond donors (Lipinski definition) is 1. The van der Waals surface area contributed by atoms with E-state index in [-0.39, 0.29) is 0 Å². The third-order valence-electron chi connectivity index (χ3n) is 3.82. The molecule has 0 heterocycles. The second-order valence-corrected chi connectivity index (χ2v) is 6.51. The molecule has 18 heavy (non-hydrogen) atoms. The lowest BCUT2D eigenvalue weighted by Gasteiger charge is -2.21.